The van der Waals surface area contributed by atoms with Crippen LogP contribution in [0.1, 0.15) is 25.3 Å². The largest absolute Gasteiger partial charge is 0.423 e. The van der Waals surface area contributed by atoms with Gasteiger partial charge in [0, 0.05) is 18.3 Å². The second-order valence-corrected chi connectivity index (χ2v) is 11.3. The van der Waals surface area contributed by atoms with Gasteiger partial charge in [0.1, 0.15) is 11.3 Å². The monoisotopic (exact) mass is 557 g/mol. The van der Waals surface area contributed by atoms with Crippen LogP contribution in [-0.4, -0.2) is 60.2 Å². The van der Waals surface area contributed by atoms with Crippen molar-refractivity contribution < 1.29 is 17.2 Å². The molecule has 0 spiro atoms. The molecule has 0 saturated heterocycles. The third-order valence-corrected chi connectivity index (χ3v) is 7.97. The normalized spacial score (nSPS) is 11.9. The molecule has 11 nitrogen and oxygen atoms in total. The first kappa shape index (κ1) is 28.4. The van der Waals surface area contributed by atoms with E-state index in [1.165, 1.54) is 30.5 Å². The molecule has 0 aliphatic heterocycles. The molecule has 0 atom stereocenters. The van der Waals surface area contributed by atoms with E-state index < -0.39 is 21.2 Å². The third kappa shape index (κ3) is 6.87. The van der Waals surface area contributed by atoms with Crippen LogP contribution in [-0.2, 0) is 16.4 Å². The van der Waals surface area contributed by atoms with Gasteiger partial charge in [-0.15, -0.1) is 0 Å². The minimum Gasteiger partial charge on any atom is -0.423 e. The summed E-state index contributed by atoms with van der Waals surface area (Å²) in [6, 6.07) is 9.09. The van der Waals surface area contributed by atoms with Gasteiger partial charge in [-0.25, -0.2) is 17.8 Å². The molecule has 0 aliphatic rings. The predicted molar refractivity (Wildman–Crippen MR) is 148 cm³/mol. The van der Waals surface area contributed by atoms with Crippen molar-refractivity contribution in [3.63, 3.8) is 0 Å². The van der Waals surface area contributed by atoms with Crippen molar-refractivity contribution >= 4 is 32.9 Å². The Kier molecular flexibility index (Phi) is 9.07. The maximum absolute atomic E-state index is 15.0. The Bertz CT molecular complexity index is 1600. The summed E-state index contributed by atoms with van der Waals surface area (Å²) in [7, 11) is -3.40. The number of nitrogens with one attached hydrogen (secondary N) is 2. The number of anilines is 2. The quantitative estimate of drug-likeness (QED) is 0.191. The Morgan fingerprint density at radius 3 is 2.49 bits per heavy atom. The van der Waals surface area contributed by atoms with E-state index in [1.54, 1.807) is 19.1 Å². The van der Waals surface area contributed by atoms with E-state index in [2.05, 4.69) is 25.2 Å². The van der Waals surface area contributed by atoms with Crippen LogP contribution in [0.4, 0.5) is 16.4 Å². The highest BCUT2D eigenvalue weighted by Gasteiger charge is 2.16. The van der Waals surface area contributed by atoms with Gasteiger partial charge in [0.25, 0.3) is 5.56 Å². The zero-order valence-electron chi connectivity index (χ0n) is 21.6. The van der Waals surface area contributed by atoms with E-state index in [1.807, 2.05) is 0 Å². The van der Waals surface area contributed by atoms with Gasteiger partial charge in [0.15, 0.2) is 15.4 Å². The molecule has 0 bridgehead atoms. The number of sulfone groups is 1. The van der Waals surface area contributed by atoms with E-state index in [0.29, 0.717) is 41.9 Å². The molecular formula is C26H32FN7O4S. The summed E-state index contributed by atoms with van der Waals surface area (Å²) in [6.07, 6.45) is 2.94. The minimum absolute atomic E-state index is 0.0242. The number of nitrogens with two attached hydrogens (primary N) is 2. The Morgan fingerprint density at radius 2 is 1.85 bits per heavy atom. The smallest absolute Gasteiger partial charge is 0.302 e. The van der Waals surface area contributed by atoms with Crippen LogP contribution in [0.25, 0.3) is 22.2 Å². The van der Waals surface area contributed by atoms with Gasteiger partial charge < -0.3 is 15.9 Å². The van der Waals surface area contributed by atoms with Gasteiger partial charge in [-0.1, -0.05) is 19.1 Å². The van der Waals surface area contributed by atoms with E-state index in [9.17, 15) is 17.6 Å². The number of aromatic nitrogens is 3. The van der Waals surface area contributed by atoms with Crippen LogP contribution >= 0.6 is 0 Å². The van der Waals surface area contributed by atoms with E-state index in [0.717, 1.165) is 25.9 Å². The Labute approximate surface area is 225 Å². The van der Waals surface area contributed by atoms with Gasteiger partial charge in [0.05, 0.1) is 16.2 Å². The fraction of sp³-hybridized carbons (Fsp3) is 0.346. The number of hydrogen-bond acceptors (Lipinski definition) is 10. The summed E-state index contributed by atoms with van der Waals surface area (Å²) in [5, 5.41) is 2.77. The lowest BCUT2D eigenvalue weighted by atomic mass is 10.1. The summed E-state index contributed by atoms with van der Waals surface area (Å²) >= 11 is 0. The van der Waals surface area contributed by atoms with E-state index in [4.69, 9.17) is 15.9 Å². The van der Waals surface area contributed by atoms with Crippen molar-refractivity contribution in [1.29, 1.82) is 0 Å². The molecule has 6 N–H and O–H groups in total. The number of hydrogen-bond donors (Lipinski definition) is 4. The number of rotatable bonds is 13. The first-order chi connectivity index (χ1) is 18.7. The van der Waals surface area contributed by atoms with Crippen molar-refractivity contribution in [2.45, 2.75) is 31.2 Å². The predicted octanol–water partition coefficient (Wildman–Crippen LogP) is 2.75. The molecule has 0 radical (unpaired) electrons. The summed E-state index contributed by atoms with van der Waals surface area (Å²) in [4.78, 5) is 26.1. The highest BCUT2D eigenvalue weighted by molar-refractivity contribution is 7.91. The average Bonchev–Trinajstić information content (AvgIpc) is 3.32. The van der Waals surface area contributed by atoms with Gasteiger partial charge >= 0.3 is 6.01 Å². The lowest BCUT2D eigenvalue weighted by Crippen LogP contribution is -2.28. The summed E-state index contributed by atoms with van der Waals surface area (Å²) in [6.45, 7) is 4.58. The molecule has 0 amide bonds. The lowest BCUT2D eigenvalue weighted by Gasteiger charge is -2.22. The van der Waals surface area contributed by atoms with Crippen LogP contribution in [0.2, 0.25) is 0 Å². The van der Waals surface area contributed by atoms with Gasteiger partial charge in [-0.05, 0) is 68.8 Å². The molecule has 4 rings (SSSR count). The topological polar surface area (TPSA) is 173 Å². The maximum Gasteiger partial charge on any atom is 0.302 e. The van der Waals surface area contributed by atoms with Gasteiger partial charge in [-0.2, -0.15) is 4.98 Å². The number of benzene rings is 2. The maximum atomic E-state index is 15.0. The summed E-state index contributed by atoms with van der Waals surface area (Å²) < 4.78 is 44.8. The van der Waals surface area contributed by atoms with Crippen molar-refractivity contribution in [2.24, 2.45) is 11.5 Å². The SMILES string of the molecule is CCS(=O)(=O)c1ccc2oc(Nc3ncc(-c4ccc(CN(CCCN)CCCN)c(F)c4)c(=O)[nH]3)nc2c1. The van der Waals surface area contributed by atoms with Gasteiger partial charge in [-0.3, -0.25) is 20.0 Å². The average molecular weight is 558 g/mol. The minimum atomic E-state index is -3.40. The fourth-order valence-corrected chi connectivity index (χ4v) is 4.97. The zero-order valence-corrected chi connectivity index (χ0v) is 22.4. The molecule has 2 heterocycles. The highest BCUT2D eigenvalue weighted by Crippen LogP contribution is 2.25. The number of halogens is 1. The Hall–Kier alpha value is -3.65. The first-order valence-electron chi connectivity index (χ1n) is 12.6. The molecule has 13 heteroatoms. The van der Waals surface area contributed by atoms with Crippen molar-refractivity contribution in [3.8, 4) is 11.1 Å². The van der Waals surface area contributed by atoms with E-state index in [-0.39, 0.29) is 28.2 Å². The second-order valence-electron chi connectivity index (χ2n) is 9.02. The third-order valence-electron chi connectivity index (χ3n) is 6.24. The molecule has 0 saturated carbocycles. The summed E-state index contributed by atoms with van der Waals surface area (Å²) in [5.41, 5.74) is 12.6. The molecule has 2 aromatic heterocycles. The molecule has 0 fully saturated rings. The van der Waals surface area contributed by atoms with Crippen LogP contribution in [0.3, 0.4) is 0 Å². The molecule has 0 unspecified atom stereocenters. The van der Waals surface area contributed by atoms with Crippen LogP contribution < -0.4 is 22.3 Å². The fourth-order valence-electron chi connectivity index (χ4n) is 4.07. The first-order valence-corrected chi connectivity index (χ1v) is 14.3. The zero-order chi connectivity index (χ0) is 28.0. The van der Waals surface area contributed by atoms with Gasteiger partial charge in [0.2, 0.25) is 5.95 Å². The number of nitrogens with zero attached hydrogens (tertiary/aromatic N) is 3. The molecule has 39 heavy (non-hydrogen) atoms. The molecule has 0 aliphatic carbocycles. The molecular weight excluding hydrogens is 525 g/mol. The number of aromatic amines is 1. The van der Waals surface area contributed by atoms with Crippen LogP contribution in [0.15, 0.2) is 56.7 Å². The number of oxazole rings is 1. The Balaban J connectivity index is 1.50. The summed E-state index contributed by atoms with van der Waals surface area (Å²) in [5.74, 6) is -0.395. The van der Waals surface area contributed by atoms with Crippen molar-refractivity contribution in [1.82, 2.24) is 19.9 Å². The molecule has 4 aromatic rings. The molecule has 208 valence electrons. The number of fused-ring (bicyclic) bond motifs is 1. The molecule has 2 aromatic carbocycles. The van der Waals surface area contributed by atoms with Crippen LogP contribution in [0.5, 0.6) is 0 Å². The van der Waals surface area contributed by atoms with Crippen molar-refractivity contribution in [3.05, 3.63) is 64.3 Å². The number of H-pyrrole nitrogens is 1. The standard InChI is InChI=1S/C26H32FN7O4S/c1-2-39(36,37)19-7-8-23-22(14-19)31-26(38-23)33-25-30-15-20(24(35)32-25)17-5-6-18(21(27)13-17)16-34(11-3-9-28)12-4-10-29/h5-8,13-15H,2-4,9-12,16,28-29H2,1H3,(H2,30,31,32,33,35). The highest BCUT2D eigenvalue weighted by atomic mass is 32.2. The lowest BCUT2D eigenvalue weighted by molar-refractivity contribution is 0.258. The van der Waals surface area contributed by atoms with E-state index >= 15 is 0 Å². The second kappa shape index (κ2) is 12.5. The Morgan fingerprint density at radius 1 is 1.10 bits per heavy atom. The van der Waals surface area contributed by atoms with Crippen LogP contribution in [0, 0.1) is 5.82 Å². The van der Waals surface area contributed by atoms with Crippen molar-refractivity contribution in [2.75, 3.05) is 37.2 Å².